The van der Waals surface area contributed by atoms with Crippen molar-refractivity contribution >= 4 is 11.8 Å². The number of phenols is 1. The van der Waals surface area contributed by atoms with Gasteiger partial charge in [-0.25, -0.2) is 0 Å². The van der Waals surface area contributed by atoms with E-state index in [1.807, 2.05) is 42.5 Å². The molecule has 0 radical (unpaired) electrons. The predicted molar refractivity (Wildman–Crippen MR) is 105 cm³/mol. The zero-order chi connectivity index (χ0) is 19.8. The molecule has 2 amide bonds. The van der Waals surface area contributed by atoms with Crippen LogP contribution in [0.4, 0.5) is 0 Å². The van der Waals surface area contributed by atoms with E-state index >= 15 is 0 Å². The average Bonchev–Trinajstić information content (AvgIpc) is 2.73. The average molecular weight is 376 g/mol. The van der Waals surface area contributed by atoms with Crippen LogP contribution in [-0.4, -0.2) is 16.9 Å². The number of carbonyl (C=O) groups excluding carboxylic acids is 2. The van der Waals surface area contributed by atoms with Gasteiger partial charge in [-0.15, -0.1) is 0 Å². The Morgan fingerprint density at radius 3 is 2.14 bits per heavy atom. The first kappa shape index (κ1) is 19.0. The van der Waals surface area contributed by atoms with Gasteiger partial charge in [-0.05, 0) is 47.5 Å². The lowest BCUT2D eigenvalue weighted by Gasteiger charge is -2.09. The van der Waals surface area contributed by atoms with Crippen LogP contribution in [0.5, 0.6) is 11.5 Å². The topological polar surface area (TPSA) is 87.7 Å². The summed E-state index contributed by atoms with van der Waals surface area (Å²) in [4.78, 5) is 23.9. The van der Waals surface area contributed by atoms with Crippen molar-refractivity contribution in [2.45, 2.75) is 13.0 Å². The molecule has 0 unspecified atom stereocenters. The Bertz CT molecular complexity index is 923. The molecule has 3 N–H and O–H groups in total. The van der Waals surface area contributed by atoms with Crippen molar-refractivity contribution in [2.75, 3.05) is 0 Å². The molecule has 0 saturated carbocycles. The number of rotatable bonds is 6. The van der Waals surface area contributed by atoms with Crippen molar-refractivity contribution in [1.82, 2.24) is 10.9 Å². The number of benzene rings is 3. The fraction of sp³-hybridized carbons (Fsp3) is 0.0909. The number of nitrogens with one attached hydrogen (secondary N) is 2. The lowest BCUT2D eigenvalue weighted by atomic mass is 10.1. The van der Waals surface area contributed by atoms with E-state index in [1.165, 1.54) is 24.3 Å². The summed E-state index contributed by atoms with van der Waals surface area (Å²) in [7, 11) is 0. The molecule has 0 saturated heterocycles. The fourth-order valence-corrected chi connectivity index (χ4v) is 2.49. The third-order valence-corrected chi connectivity index (χ3v) is 3.98. The summed E-state index contributed by atoms with van der Waals surface area (Å²) < 4.78 is 5.71. The highest BCUT2D eigenvalue weighted by Crippen LogP contribution is 2.14. The van der Waals surface area contributed by atoms with E-state index in [0.717, 1.165) is 11.1 Å². The van der Waals surface area contributed by atoms with Gasteiger partial charge >= 0.3 is 0 Å². The Morgan fingerprint density at radius 1 is 0.786 bits per heavy atom. The second-order valence-corrected chi connectivity index (χ2v) is 6.14. The Labute approximate surface area is 162 Å². The van der Waals surface area contributed by atoms with Gasteiger partial charge in [-0.2, -0.15) is 0 Å². The Morgan fingerprint density at radius 2 is 1.46 bits per heavy atom. The zero-order valence-corrected chi connectivity index (χ0v) is 15.1. The second-order valence-electron chi connectivity index (χ2n) is 6.14. The van der Waals surface area contributed by atoms with Gasteiger partial charge in [0.1, 0.15) is 18.1 Å². The number of aromatic hydroxyl groups is 1. The minimum atomic E-state index is -0.460. The Kier molecular flexibility index (Phi) is 6.25. The molecule has 0 aliphatic rings. The van der Waals surface area contributed by atoms with Crippen molar-refractivity contribution in [3.05, 3.63) is 95.6 Å². The fourth-order valence-electron chi connectivity index (χ4n) is 2.49. The molecule has 3 aromatic rings. The highest BCUT2D eigenvalue weighted by atomic mass is 16.5. The van der Waals surface area contributed by atoms with Crippen LogP contribution in [0.1, 0.15) is 21.5 Å². The maximum absolute atomic E-state index is 12.0. The van der Waals surface area contributed by atoms with Crippen LogP contribution in [0.3, 0.4) is 0 Å². The number of phenolic OH excluding ortho intramolecular Hbond substituents is 1. The molecule has 3 aromatic carbocycles. The van der Waals surface area contributed by atoms with Crippen LogP contribution in [-0.2, 0) is 17.8 Å². The van der Waals surface area contributed by atoms with E-state index < -0.39 is 5.91 Å². The van der Waals surface area contributed by atoms with Crippen LogP contribution in [0.2, 0.25) is 0 Å². The van der Waals surface area contributed by atoms with E-state index in [1.54, 1.807) is 12.1 Å². The summed E-state index contributed by atoms with van der Waals surface area (Å²) in [5.74, 6) is -0.0199. The number of ether oxygens (including phenoxy) is 1. The van der Waals surface area contributed by atoms with Crippen LogP contribution >= 0.6 is 0 Å². The summed E-state index contributed by atoms with van der Waals surface area (Å²) in [6.45, 7) is 0.476. The van der Waals surface area contributed by atoms with E-state index in [2.05, 4.69) is 10.9 Å². The quantitative estimate of drug-likeness (QED) is 0.577. The van der Waals surface area contributed by atoms with Gasteiger partial charge in [0.15, 0.2) is 0 Å². The van der Waals surface area contributed by atoms with Crippen LogP contribution < -0.4 is 15.6 Å². The molecule has 0 bridgehead atoms. The van der Waals surface area contributed by atoms with Crippen LogP contribution in [0, 0.1) is 0 Å². The molecule has 0 spiro atoms. The number of hydrazine groups is 1. The second kappa shape index (κ2) is 9.23. The molecule has 3 rings (SSSR count). The zero-order valence-electron chi connectivity index (χ0n) is 15.1. The SMILES string of the molecule is O=C(Cc1ccc(OCc2ccccc2)cc1)NNC(=O)c1ccc(O)cc1. The molecular weight excluding hydrogens is 356 g/mol. The molecule has 0 heterocycles. The third-order valence-electron chi connectivity index (χ3n) is 3.98. The first-order valence-corrected chi connectivity index (χ1v) is 8.74. The smallest absolute Gasteiger partial charge is 0.269 e. The first-order chi connectivity index (χ1) is 13.6. The van der Waals surface area contributed by atoms with Crippen molar-refractivity contribution in [3.8, 4) is 11.5 Å². The van der Waals surface area contributed by atoms with E-state index in [9.17, 15) is 14.7 Å². The molecule has 0 aromatic heterocycles. The molecule has 142 valence electrons. The van der Waals surface area contributed by atoms with Gasteiger partial charge in [0.25, 0.3) is 5.91 Å². The molecule has 0 atom stereocenters. The number of amides is 2. The maximum atomic E-state index is 12.0. The largest absolute Gasteiger partial charge is 0.508 e. The van der Waals surface area contributed by atoms with E-state index in [4.69, 9.17) is 4.74 Å². The highest BCUT2D eigenvalue weighted by molar-refractivity contribution is 5.95. The molecule has 28 heavy (non-hydrogen) atoms. The summed E-state index contributed by atoms with van der Waals surface area (Å²) in [6.07, 6.45) is 0.120. The van der Waals surface area contributed by atoms with Crippen LogP contribution in [0.15, 0.2) is 78.9 Å². The van der Waals surface area contributed by atoms with Crippen molar-refractivity contribution < 1.29 is 19.4 Å². The van der Waals surface area contributed by atoms with Gasteiger partial charge in [0, 0.05) is 5.56 Å². The lowest BCUT2D eigenvalue weighted by molar-refractivity contribution is -0.121. The number of hydrogen-bond donors (Lipinski definition) is 3. The van der Waals surface area contributed by atoms with Gasteiger partial charge in [-0.1, -0.05) is 42.5 Å². The summed E-state index contributed by atoms with van der Waals surface area (Å²) >= 11 is 0. The third kappa shape index (κ3) is 5.60. The summed E-state index contributed by atoms with van der Waals surface area (Å²) in [5, 5.41) is 9.22. The molecule has 6 nitrogen and oxygen atoms in total. The van der Waals surface area contributed by atoms with Crippen molar-refractivity contribution in [1.29, 1.82) is 0 Å². The first-order valence-electron chi connectivity index (χ1n) is 8.74. The van der Waals surface area contributed by atoms with Crippen LogP contribution in [0.25, 0.3) is 0 Å². The molecular formula is C22H20N2O4. The van der Waals surface area contributed by atoms with Crippen molar-refractivity contribution in [2.24, 2.45) is 0 Å². The Hall–Kier alpha value is -3.80. The molecule has 0 aliphatic heterocycles. The van der Waals surface area contributed by atoms with E-state index in [0.29, 0.717) is 17.9 Å². The minimum absolute atomic E-state index is 0.0665. The standard InChI is InChI=1S/C22H20N2O4/c25-19-10-8-18(9-11-19)22(27)24-23-21(26)14-16-6-12-20(13-7-16)28-15-17-4-2-1-3-5-17/h1-13,25H,14-15H2,(H,23,26)(H,24,27). The minimum Gasteiger partial charge on any atom is -0.508 e. The maximum Gasteiger partial charge on any atom is 0.269 e. The predicted octanol–water partition coefficient (Wildman–Crippen LogP) is 2.97. The highest BCUT2D eigenvalue weighted by Gasteiger charge is 2.08. The van der Waals surface area contributed by atoms with Crippen molar-refractivity contribution in [3.63, 3.8) is 0 Å². The molecule has 0 fully saturated rings. The molecule has 0 aliphatic carbocycles. The number of carbonyl (C=O) groups is 2. The van der Waals surface area contributed by atoms with Gasteiger partial charge in [0.2, 0.25) is 5.91 Å². The summed E-state index contributed by atoms with van der Waals surface area (Å²) in [5.41, 5.74) is 6.92. The van der Waals surface area contributed by atoms with E-state index in [-0.39, 0.29) is 18.1 Å². The normalized spacial score (nSPS) is 10.1. The number of hydrogen-bond acceptors (Lipinski definition) is 4. The monoisotopic (exact) mass is 376 g/mol. The van der Waals surface area contributed by atoms with Gasteiger partial charge in [-0.3, -0.25) is 20.4 Å². The summed E-state index contributed by atoms with van der Waals surface area (Å²) in [6, 6.07) is 22.8. The van der Waals surface area contributed by atoms with Gasteiger partial charge in [0.05, 0.1) is 6.42 Å². The molecule has 6 heteroatoms. The van der Waals surface area contributed by atoms with Gasteiger partial charge < -0.3 is 9.84 Å². The Balaban J connectivity index is 1.45. The lowest BCUT2D eigenvalue weighted by Crippen LogP contribution is -2.42.